The fraction of sp³-hybridized carbons (Fsp3) is 0.455. The molecule has 0 saturated heterocycles. The minimum atomic E-state index is -1.57. The van der Waals surface area contributed by atoms with E-state index in [0.717, 1.165) is 13.2 Å². The van der Waals surface area contributed by atoms with E-state index in [2.05, 4.69) is 0 Å². The topological polar surface area (TPSA) is 29.5 Å². The third-order valence-electron chi connectivity index (χ3n) is 2.45. The van der Waals surface area contributed by atoms with Crippen molar-refractivity contribution in [3.63, 3.8) is 0 Å². The Morgan fingerprint density at radius 2 is 1.81 bits per heavy atom. The van der Waals surface area contributed by atoms with E-state index in [1.54, 1.807) is 13.8 Å². The summed E-state index contributed by atoms with van der Waals surface area (Å²) in [5, 5.41) is 9.12. The van der Waals surface area contributed by atoms with E-state index >= 15 is 0 Å². The molecule has 5 heteroatoms. The van der Waals surface area contributed by atoms with Gasteiger partial charge in [0.25, 0.3) is 0 Å². The first kappa shape index (κ1) is 12.8. The lowest BCUT2D eigenvalue weighted by molar-refractivity contribution is 0.212. The van der Waals surface area contributed by atoms with Gasteiger partial charge in [-0.25, -0.2) is 8.78 Å². The fourth-order valence-electron chi connectivity index (χ4n) is 1.37. The first-order valence-electron chi connectivity index (χ1n) is 4.68. The molecule has 0 bridgehead atoms. The first-order valence-corrected chi connectivity index (χ1v) is 4.68. The van der Waals surface area contributed by atoms with E-state index in [0.29, 0.717) is 0 Å². The van der Waals surface area contributed by atoms with Crippen molar-refractivity contribution in [2.45, 2.75) is 19.3 Å². The smallest absolute Gasteiger partial charge is 0.203 e. The third kappa shape index (κ3) is 2.00. The number of aliphatic hydroxyl groups excluding tert-OH is 1. The summed E-state index contributed by atoms with van der Waals surface area (Å²) in [6.45, 7) is 2.80. The summed E-state index contributed by atoms with van der Waals surface area (Å²) < 4.78 is 44.1. The van der Waals surface area contributed by atoms with Crippen molar-refractivity contribution in [3.8, 4) is 5.75 Å². The minimum Gasteiger partial charge on any atom is -0.493 e. The van der Waals surface area contributed by atoms with Gasteiger partial charge in [0.05, 0.1) is 13.7 Å². The highest BCUT2D eigenvalue weighted by Crippen LogP contribution is 2.35. The van der Waals surface area contributed by atoms with Gasteiger partial charge in [0.2, 0.25) is 5.82 Å². The van der Waals surface area contributed by atoms with Crippen LogP contribution in [0, 0.1) is 17.5 Å². The Bertz CT molecular complexity index is 403. The monoisotopic (exact) mass is 234 g/mol. The highest BCUT2D eigenvalue weighted by Gasteiger charge is 2.29. The largest absolute Gasteiger partial charge is 0.493 e. The van der Waals surface area contributed by atoms with Crippen molar-refractivity contribution in [3.05, 3.63) is 29.1 Å². The molecule has 0 aliphatic heterocycles. The van der Waals surface area contributed by atoms with Crippen LogP contribution >= 0.6 is 0 Å². The van der Waals surface area contributed by atoms with E-state index in [4.69, 9.17) is 9.84 Å². The van der Waals surface area contributed by atoms with Gasteiger partial charge in [-0.3, -0.25) is 0 Å². The second-order valence-electron chi connectivity index (χ2n) is 4.11. The number of ether oxygens (including phenoxy) is 1. The number of aliphatic hydroxyl groups is 1. The van der Waals surface area contributed by atoms with Crippen molar-refractivity contribution in [1.29, 1.82) is 0 Å². The zero-order valence-electron chi connectivity index (χ0n) is 9.27. The molecule has 0 fully saturated rings. The Kier molecular flexibility index (Phi) is 3.48. The van der Waals surface area contributed by atoms with Gasteiger partial charge in [0, 0.05) is 11.0 Å². The summed E-state index contributed by atoms with van der Waals surface area (Å²) in [4.78, 5) is 0. The van der Waals surface area contributed by atoms with Gasteiger partial charge in [-0.15, -0.1) is 0 Å². The maximum atomic E-state index is 13.4. The second-order valence-corrected chi connectivity index (χ2v) is 4.11. The molecule has 0 spiro atoms. The Hall–Kier alpha value is -1.23. The molecule has 0 aromatic heterocycles. The molecule has 1 rings (SSSR count). The number of hydrogen-bond acceptors (Lipinski definition) is 2. The highest BCUT2D eigenvalue weighted by atomic mass is 19.2. The summed E-state index contributed by atoms with van der Waals surface area (Å²) in [5.41, 5.74) is -0.824. The zero-order chi connectivity index (χ0) is 12.5. The van der Waals surface area contributed by atoms with E-state index in [9.17, 15) is 13.2 Å². The maximum Gasteiger partial charge on any atom is 0.203 e. The van der Waals surface area contributed by atoms with Crippen LogP contribution in [-0.2, 0) is 5.41 Å². The van der Waals surface area contributed by atoms with Crippen molar-refractivity contribution in [2.24, 2.45) is 0 Å². The number of benzene rings is 1. The Morgan fingerprint density at radius 1 is 1.25 bits per heavy atom. The van der Waals surface area contributed by atoms with Crippen LogP contribution in [0.5, 0.6) is 5.75 Å². The van der Waals surface area contributed by atoms with Crippen LogP contribution in [0.1, 0.15) is 19.4 Å². The van der Waals surface area contributed by atoms with Crippen LogP contribution in [0.15, 0.2) is 6.07 Å². The molecule has 0 saturated carbocycles. The molecule has 0 aliphatic carbocycles. The molecule has 0 heterocycles. The Balaban J connectivity index is 3.51. The lowest BCUT2D eigenvalue weighted by Crippen LogP contribution is -2.24. The lowest BCUT2D eigenvalue weighted by atomic mass is 9.84. The van der Waals surface area contributed by atoms with Gasteiger partial charge in [0.15, 0.2) is 17.4 Å². The number of rotatable bonds is 3. The molecule has 0 radical (unpaired) electrons. The molecule has 90 valence electrons. The average Bonchev–Trinajstić information content (AvgIpc) is 2.25. The van der Waals surface area contributed by atoms with Gasteiger partial charge in [-0.05, 0) is 6.07 Å². The molecule has 0 atom stereocenters. The van der Waals surface area contributed by atoms with Gasteiger partial charge >= 0.3 is 0 Å². The maximum absolute atomic E-state index is 13.4. The van der Waals surface area contributed by atoms with Crippen LogP contribution in [0.3, 0.4) is 0 Å². The van der Waals surface area contributed by atoms with Gasteiger partial charge in [0.1, 0.15) is 0 Å². The summed E-state index contributed by atoms with van der Waals surface area (Å²) in [6.07, 6.45) is 0. The van der Waals surface area contributed by atoms with E-state index in [1.165, 1.54) is 0 Å². The summed E-state index contributed by atoms with van der Waals surface area (Å²) in [7, 11) is 1.16. The van der Waals surface area contributed by atoms with Crippen LogP contribution in [0.25, 0.3) is 0 Å². The van der Waals surface area contributed by atoms with Gasteiger partial charge in [-0.1, -0.05) is 13.8 Å². The predicted molar refractivity (Wildman–Crippen MR) is 53.0 cm³/mol. The molecule has 2 nitrogen and oxygen atoms in total. The highest BCUT2D eigenvalue weighted by molar-refractivity contribution is 5.41. The first-order chi connectivity index (χ1) is 7.35. The second kappa shape index (κ2) is 4.33. The number of methoxy groups -OCH3 is 1. The SMILES string of the molecule is COc1c(C(C)(C)CO)cc(F)c(F)c1F. The Morgan fingerprint density at radius 3 is 2.25 bits per heavy atom. The molecule has 0 aliphatic rings. The molecular weight excluding hydrogens is 221 g/mol. The van der Waals surface area contributed by atoms with E-state index < -0.39 is 22.9 Å². The van der Waals surface area contributed by atoms with Crippen LogP contribution in [0.2, 0.25) is 0 Å². The third-order valence-corrected chi connectivity index (χ3v) is 2.45. The van der Waals surface area contributed by atoms with Crippen LogP contribution < -0.4 is 4.74 Å². The van der Waals surface area contributed by atoms with Gasteiger partial charge < -0.3 is 9.84 Å². The molecule has 0 unspecified atom stereocenters. The molecule has 1 aromatic rings. The van der Waals surface area contributed by atoms with Crippen molar-refractivity contribution < 1.29 is 23.0 Å². The predicted octanol–water partition coefficient (Wildman–Crippen LogP) is 2.38. The standard InChI is InChI=1S/C11H13F3O2/c1-11(2,5-15)6-4-7(12)8(13)9(14)10(6)16-3/h4,15H,5H2,1-3H3. The number of hydrogen-bond donors (Lipinski definition) is 1. The molecule has 1 aromatic carbocycles. The molecular formula is C11H13F3O2. The zero-order valence-corrected chi connectivity index (χ0v) is 9.27. The number of halogens is 3. The summed E-state index contributed by atoms with van der Waals surface area (Å²) in [5.74, 6) is -4.62. The van der Waals surface area contributed by atoms with Crippen molar-refractivity contribution >= 4 is 0 Å². The Labute approximate surface area is 91.7 Å². The fourth-order valence-corrected chi connectivity index (χ4v) is 1.37. The van der Waals surface area contributed by atoms with Crippen LogP contribution in [0.4, 0.5) is 13.2 Å². The quantitative estimate of drug-likeness (QED) is 0.814. The molecule has 16 heavy (non-hydrogen) atoms. The van der Waals surface area contributed by atoms with Crippen molar-refractivity contribution in [1.82, 2.24) is 0 Å². The molecule has 0 amide bonds. The van der Waals surface area contributed by atoms with Crippen LogP contribution in [-0.4, -0.2) is 18.8 Å². The van der Waals surface area contributed by atoms with Crippen molar-refractivity contribution in [2.75, 3.05) is 13.7 Å². The van der Waals surface area contributed by atoms with Gasteiger partial charge in [-0.2, -0.15) is 4.39 Å². The summed E-state index contributed by atoms with van der Waals surface area (Å²) >= 11 is 0. The normalized spacial score (nSPS) is 11.7. The average molecular weight is 234 g/mol. The van der Waals surface area contributed by atoms with E-state index in [-0.39, 0.29) is 17.9 Å². The lowest BCUT2D eigenvalue weighted by Gasteiger charge is -2.25. The van der Waals surface area contributed by atoms with E-state index in [1.807, 2.05) is 0 Å². The summed E-state index contributed by atoms with van der Waals surface area (Å²) in [6, 6.07) is 0.841. The molecule has 1 N–H and O–H groups in total. The minimum absolute atomic E-state index is 0.0916.